The molecule has 0 aromatic carbocycles. The molecular weight excluding hydrogens is 180 g/mol. The smallest absolute Gasteiger partial charge is 0.177 e. The number of ketones is 1. The number of Topliss-reactive ketones (excluding diaryl/α,β-unsaturated/α-hetero) is 1. The van der Waals surface area contributed by atoms with E-state index in [0.717, 1.165) is 25.3 Å². The van der Waals surface area contributed by atoms with Crippen LogP contribution in [0.2, 0.25) is 0 Å². The van der Waals surface area contributed by atoms with E-state index in [1.165, 1.54) is 0 Å². The molecule has 2 heterocycles. The molecule has 1 atom stereocenters. The molecule has 1 aliphatic heterocycles. The standard InChI is InChI=1S/C10H14N2O2/c1-7(13)10-5-9(11-12(10)2)8-3-4-14-6-8/h5,8H,3-4,6H2,1-2H3. The highest BCUT2D eigenvalue weighted by atomic mass is 16.5. The molecule has 1 unspecified atom stereocenters. The molecule has 0 radical (unpaired) electrons. The molecule has 1 aliphatic rings. The second-order valence-electron chi connectivity index (χ2n) is 3.69. The van der Waals surface area contributed by atoms with Crippen LogP contribution in [0.5, 0.6) is 0 Å². The number of rotatable bonds is 2. The van der Waals surface area contributed by atoms with Crippen LogP contribution in [0.25, 0.3) is 0 Å². The first kappa shape index (κ1) is 9.40. The lowest BCUT2D eigenvalue weighted by Crippen LogP contribution is -2.03. The lowest BCUT2D eigenvalue weighted by atomic mass is 10.0. The summed E-state index contributed by atoms with van der Waals surface area (Å²) < 4.78 is 6.94. The molecule has 0 amide bonds. The molecule has 4 heteroatoms. The number of carbonyl (C=O) groups is 1. The fourth-order valence-electron chi connectivity index (χ4n) is 1.79. The van der Waals surface area contributed by atoms with E-state index in [4.69, 9.17) is 4.74 Å². The molecule has 0 bridgehead atoms. The topological polar surface area (TPSA) is 44.1 Å². The summed E-state index contributed by atoms with van der Waals surface area (Å²) in [5.74, 6) is 0.430. The Balaban J connectivity index is 2.27. The maximum absolute atomic E-state index is 11.2. The Labute approximate surface area is 82.9 Å². The predicted molar refractivity (Wildman–Crippen MR) is 51.4 cm³/mol. The van der Waals surface area contributed by atoms with Crippen LogP contribution in [0, 0.1) is 0 Å². The number of aromatic nitrogens is 2. The summed E-state index contributed by atoms with van der Waals surface area (Å²) in [4.78, 5) is 11.2. The molecule has 1 saturated heterocycles. The maximum Gasteiger partial charge on any atom is 0.177 e. The molecule has 0 spiro atoms. The molecule has 4 nitrogen and oxygen atoms in total. The van der Waals surface area contributed by atoms with Gasteiger partial charge in [0.05, 0.1) is 12.3 Å². The molecule has 76 valence electrons. The summed E-state index contributed by atoms with van der Waals surface area (Å²) in [6, 6.07) is 1.88. The van der Waals surface area contributed by atoms with Gasteiger partial charge in [-0.05, 0) is 12.5 Å². The molecule has 2 rings (SSSR count). The highest BCUT2D eigenvalue weighted by Gasteiger charge is 2.22. The first-order valence-corrected chi connectivity index (χ1v) is 4.81. The zero-order valence-electron chi connectivity index (χ0n) is 8.49. The SMILES string of the molecule is CC(=O)c1cc(C2CCOC2)nn1C. The van der Waals surface area contributed by atoms with Crippen molar-refractivity contribution in [1.29, 1.82) is 0 Å². The Morgan fingerprint density at radius 2 is 2.50 bits per heavy atom. The third-order valence-electron chi connectivity index (χ3n) is 2.61. The Hall–Kier alpha value is -1.16. The minimum Gasteiger partial charge on any atom is -0.381 e. The van der Waals surface area contributed by atoms with Crippen molar-refractivity contribution in [2.45, 2.75) is 19.3 Å². The van der Waals surface area contributed by atoms with E-state index in [1.54, 1.807) is 18.7 Å². The van der Waals surface area contributed by atoms with Crippen LogP contribution in [-0.2, 0) is 11.8 Å². The van der Waals surface area contributed by atoms with Gasteiger partial charge >= 0.3 is 0 Å². The van der Waals surface area contributed by atoms with E-state index in [0.29, 0.717) is 11.6 Å². The average Bonchev–Trinajstić information content (AvgIpc) is 2.70. The molecule has 1 aromatic rings. The third kappa shape index (κ3) is 1.57. The largest absolute Gasteiger partial charge is 0.381 e. The molecule has 14 heavy (non-hydrogen) atoms. The van der Waals surface area contributed by atoms with E-state index in [-0.39, 0.29) is 5.78 Å². The van der Waals surface area contributed by atoms with Gasteiger partial charge in [0.1, 0.15) is 5.69 Å². The van der Waals surface area contributed by atoms with Gasteiger partial charge in [0.25, 0.3) is 0 Å². The van der Waals surface area contributed by atoms with Gasteiger partial charge in [-0.15, -0.1) is 0 Å². The number of hydrogen-bond donors (Lipinski definition) is 0. The maximum atomic E-state index is 11.2. The monoisotopic (exact) mass is 194 g/mol. The van der Waals surface area contributed by atoms with Crippen molar-refractivity contribution in [3.8, 4) is 0 Å². The Morgan fingerprint density at radius 1 is 1.71 bits per heavy atom. The fourth-order valence-corrected chi connectivity index (χ4v) is 1.79. The van der Waals surface area contributed by atoms with Gasteiger partial charge in [-0.25, -0.2) is 0 Å². The van der Waals surface area contributed by atoms with Crippen molar-refractivity contribution in [3.63, 3.8) is 0 Å². The van der Waals surface area contributed by atoms with Crippen LogP contribution in [0.4, 0.5) is 0 Å². The van der Waals surface area contributed by atoms with Crippen molar-refractivity contribution < 1.29 is 9.53 Å². The van der Waals surface area contributed by atoms with E-state index in [2.05, 4.69) is 5.10 Å². The van der Waals surface area contributed by atoms with Crippen molar-refractivity contribution in [3.05, 3.63) is 17.5 Å². The van der Waals surface area contributed by atoms with Gasteiger partial charge in [-0.3, -0.25) is 9.48 Å². The lowest BCUT2D eigenvalue weighted by Gasteiger charge is -2.00. The molecule has 0 N–H and O–H groups in total. The Bertz CT molecular complexity index is 351. The quantitative estimate of drug-likeness (QED) is 0.663. The van der Waals surface area contributed by atoms with E-state index in [9.17, 15) is 4.79 Å². The number of carbonyl (C=O) groups excluding carboxylic acids is 1. The molecule has 0 saturated carbocycles. The van der Waals surface area contributed by atoms with Crippen molar-refractivity contribution in [1.82, 2.24) is 9.78 Å². The summed E-state index contributed by atoms with van der Waals surface area (Å²) >= 11 is 0. The molecule has 1 aromatic heterocycles. The minimum absolute atomic E-state index is 0.0603. The summed E-state index contributed by atoms with van der Waals surface area (Å²) in [6.45, 7) is 3.09. The lowest BCUT2D eigenvalue weighted by molar-refractivity contribution is 0.100. The number of ether oxygens (including phenoxy) is 1. The van der Waals surface area contributed by atoms with Crippen molar-refractivity contribution >= 4 is 5.78 Å². The van der Waals surface area contributed by atoms with Crippen LogP contribution >= 0.6 is 0 Å². The Morgan fingerprint density at radius 3 is 3.00 bits per heavy atom. The summed E-state index contributed by atoms with van der Waals surface area (Å²) in [5, 5.41) is 4.33. The number of nitrogens with zero attached hydrogens (tertiary/aromatic N) is 2. The third-order valence-corrected chi connectivity index (χ3v) is 2.61. The molecular formula is C10H14N2O2. The van der Waals surface area contributed by atoms with Crippen LogP contribution in [0.3, 0.4) is 0 Å². The first-order valence-electron chi connectivity index (χ1n) is 4.81. The fraction of sp³-hybridized carbons (Fsp3) is 0.600. The van der Waals surface area contributed by atoms with Crippen LogP contribution < -0.4 is 0 Å². The molecule has 0 aliphatic carbocycles. The average molecular weight is 194 g/mol. The van der Waals surface area contributed by atoms with Gasteiger partial charge in [0.15, 0.2) is 5.78 Å². The second-order valence-corrected chi connectivity index (χ2v) is 3.69. The van der Waals surface area contributed by atoms with Crippen molar-refractivity contribution in [2.24, 2.45) is 7.05 Å². The van der Waals surface area contributed by atoms with E-state index in [1.807, 2.05) is 6.07 Å². The van der Waals surface area contributed by atoms with Gasteiger partial charge in [0, 0.05) is 26.5 Å². The zero-order chi connectivity index (χ0) is 10.1. The number of aryl methyl sites for hydroxylation is 1. The van der Waals surface area contributed by atoms with E-state index < -0.39 is 0 Å². The summed E-state index contributed by atoms with van der Waals surface area (Å²) in [7, 11) is 1.80. The van der Waals surface area contributed by atoms with Crippen LogP contribution in [-0.4, -0.2) is 28.8 Å². The van der Waals surface area contributed by atoms with Gasteiger partial charge in [-0.1, -0.05) is 0 Å². The highest BCUT2D eigenvalue weighted by Crippen LogP contribution is 2.24. The first-order chi connectivity index (χ1) is 6.68. The minimum atomic E-state index is 0.0603. The highest BCUT2D eigenvalue weighted by molar-refractivity contribution is 5.92. The predicted octanol–water partition coefficient (Wildman–Crippen LogP) is 1.13. The normalized spacial score (nSPS) is 21.4. The van der Waals surface area contributed by atoms with E-state index >= 15 is 0 Å². The van der Waals surface area contributed by atoms with Crippen LogP contribution in [0.15, 0.2) is 6.07 Å². The van der Waals surface area contributed by atoms with Gasteiger partial charge in [0.2, 0.25) is 0 Å². The van der Waals surface area contributed by atoms with Gasteiger partial charge in [-0.2, -0.15) is 5.10 Å². The molecule has 1 fully saturated rings. The summed E-state index contributed by atoms with van der Waals surface area (Å²) in [5.41, 5.74) is 1.65. The number of hydrogen-bond acceptors (Lipinski definition) is 3. The zero-order valence-corrected chi connectivity index (χ0v) is 8.49. The second kappa shape index (κ2) is 3.53. The Kier molecular flexibility index (Phi) is 2.37. The summed E-state index contributed by atoms with van der Waals surface area (Å²) in [6.07, 6.45) is 1.01. The van der Waals surface area contributed by atoms with Gasteiger partial charge < -0.3 is 4.74 Å². The van der Waals surface area contributed by atoms with Crippen LogP contribution in [0.1, 0.15) is 35.4 Å². The van der Waals surface area contributed by atoms with Crippen molar-refractivity contribution in [2.75, 3.05) is 13.2 Å².